The first-order valence-corrected chi connectivity index (χ1v) is 5.63. The maximum Gasteiger partial charge on any atom is 0.313 e. The molecule has 0 atom stereocenters. The Morgan fingerprint density at radius 1 is 1.20 bits per heavy atom. The molecule has 0 aromatic carbocycles. The zero-order valence-electron chi connectivity index (χ0n) is 9.84. The Morgan fingerprint density at radius 3 is 2.20 bits per heavy atom. The largest absolute Gasteiger partial charge is 0.460 e. The second-order valence-corrected chi connectivity index (χ2v) is 5.21. The van der Waals surface area contributed by atoms with Crippen LogP contribution in [0.3, 0.4) is 0 Å². The molecule has 1 aliphatic rings. The van der Waals surface area contributed by atoms with Crippen molar-refractivity contribution in [3.8, 4) is 0 Å². The summed E-state index contributed by atoms with van der Waals surface area (Å²) >= 11 is 0. The minimum absolute atomic E-state index is 0.0536. The van der Waals surface area contributed by atoms with Gasteiger partial charge in [0.2, 0.25) is 0 Å². The maximum atomic E-state index is 11.6. The van der Waals surface area contributed by atoms with E-state index in [2.05, 4.69) is 0 Å². The predicted molar refractivity (Wildman–Crippen MR) is 57.4 cm³/mol. The highest BCUT2D eigenvalue weighted by Gasteiger charge is 2.26. The van der Waals surface area contributed by atoms with Gasteiger partial charge in [0.15, 0.2) is 0 Å². The Morgan fingerprint density at radius 2 is 1.73 bits per heavy atom. The van der Waals surface area contributed by atoms with Crippen LogP contribution in [-0.4, -0.2) is 17.4 Å². The molecule has 1 fully saturated rings. The molecule has 0 aromatic heterocycles. The Labute approximate surface area is 91.2 Å². The van der Waals surface area contributed by atoms with E-state index in [1.807, 2.05) is 20.8 Å². The molecule has 0 N–H and O–H groups in total. The Balaban J connectivity index is 2.34. The molecule has 0 aromatic rings. The minimum Gasteiger partial charge on any atom is -0.460 e. The summed E-state index contributed by atoms with van der Waals surface area (Å²) in [6.45, 7) is 5.43. The van der Waals surface area contributed by atoms with E-state index in [4.69, 9.17) is 4.74 Å². The lowest BCUT2D eigenvalue weighted by Gasteiger charge is -2.19. The summed E-state index contributed by atoms with van der Waals surface area (Å²) in [5.41, 5.74) is -0.493. The van der Waals surface area contributed by atoms with Gasteiger partial charge in [0, 0.05) is 5.92 Å². The van der Waals surface area contributed by atoms with Crippen molar-refractivity contribution >= 4 is 11.8 Å². The van der Waals surface area contributed by atoms with Gasteiger partial charge in [-0.05, 0) is 33.6 Å². The number of esters is 1. The van der Waals surface area contributed by atoms with Gasteiger partial charge in [-0.1, -0.05) is 12.8 Å². The third-order valence-electron chi connectivity index (χ3n) is 2.55. The summed E-state index contributed by atoms with van der Waals surface area (Å²) in [5.74, 6) is -0.223. The molecule has 0 heterocycles. The lowest BCUT2D eigenvalue weighted by atomic mass is 10.0. The quantitative estimate of drug-likeness (QED) is 0.533. The topological polar surface area (TPSA) is 43.4 Å². The molecule has 86 valence electrons. The highest BCUT2D eigenvalue weighted by Crippen LogP contribution is 2.26. The molecule has 0 spiro atoms. The van der Waals surface area contributed by atoms with Crippen LogP contribution in [0.1, 0.15) is 52.9 Å². The van der Waals surface area contributed by atoms with Gasteiger partial charge in [-0.3, -0.25) is 9.59 Å². The molecule has 0 radical (unpaired) electrons. The summed E-state index contributed by atoms with van der Waals surface area (Å²) in [6.07, 6.45) is 4.07. The van der Waals surface area contributed by atoms with E-state index >= 15 is 0 Å². The van der Waals surface area contributed by atoms with E-state index in [-0.39, 0.29) is 24.1 Å². The molecule has 1 saturated carbocycles. The number of hydrogen-bond donors (Lipinski definition) is 0. The highest BCUT2D eigenvalue weighted by molar-refractivity contribution is 5.97. The number of carbonyl (C=O) groups excluding carboxylic acids is 2. The van der Waals surface area contributed by atoms with Crippen LogP contribution in [0.4, 0.5) is 0 Å². The van der Waals surface area contributed by atoms with Crippen molar-refractivity contribution in [3.05, 3.63) is 0 Å². The molecule has 1 rings (SSSR count). The fraction of sp³-hybridized carbons (Fsp3) is 0.833. The lowest BCUT2D eigenvalue weighted by Crippen LogP contribution is -2.26. The Bertz CT molecular complexity index is 244. The van der Waals surface area contributed by atoms with E-state index in [1.54, 1.807) is 0 Å². The van der Waals surface area contributed by atoms with Crippen molar-refractivity contribution in [2.75, 3.05) is 0 Å². The van der Waals surface area contributed by atoms with Crippen LogP contribution in [0, 0.1) is 5.92 Å². The summed E-state index contributed by atoms with van der Waals surface area (Å²) in [4.78, 5) is 23.0. The average Bonchev–Trinajstić information content (AvgIpc) is 2.50. The smallest absolute Gasteiger partial charge is 0.313 e. The van der Waals surface area contributed by atoms with E-state index in [0.29, 0.717) is 0 Å². The third-order valence-corrected chi connectivity index (χ3v) is 2.55. The molecule has 0 amide bonds. The number of hydrogen-bond acceptors (Lipinski definition) is 3. The van der Waals surface area contributed by atoms with Crippen molar-refractivity contribution < 1.29 is 14.3 Å². The second-order valence-electron chi connectivity index (χ2n) is 5.21. The summed E-state index contributed by atoms with van der Waals surface area (Å²) in [7, 11) is 0. The molecule has 15 heavy (non-hydrogen) atoms. The Hall–Kier alpha value is -0.860. The van der Waals surface area contributed by atoms with Crippen molar-refractivity contribution in [2.24, 2.45) is 5.92 Å². The molecule has 3 heteroatoms. The first-order valence-electron chi connectivity index (χ1n) is 5.63. The molecule has 3 nitrogen and oxygen atoms in total. The van der Waals surface area contributed by atoms with Crippen LogP contribution < -0.4 is 0 Å². The zero-order valence-corrected chi connectivity index (χ0v) is 9.84. The van der Waals surface area contributed by atoms with Gasteiger partial charge in [0.25, 0.3) is 0 Å². The summed E-state index contributed by atoms with van der Waals surface area (Å²) < 4.78 is 5.11. The van der Waals surface area contributed by atoms with Gasteiger partial charge < -0.3 is 4.74 Å². The number of carbonyl (C=O) groups is 2. The van der Waals surface area contributed by atoms with Crippen LogP contribution >= 0.6 is 0 Å². The van der Waals surface area contributed by atoms with E-state index in [0.717, 1.165) is 25.7 Å². The third kappa shape index (κ3) is 4.45. The highest BCUT2D eigenvalue weighted by atomic mass is 16.6. The van der Waals surface area contributed by atoms with E-state index < -0.39 is 5.60 Å². The van der Waals surface area contributed by atoms with Crippen LogP contribution in [0.2, 0.25) is 0 Å². The van der Waals surface area contributed by atoms with Gasteiger partial charge >= 0.3 is 5.97 Å². The Kier molecular flexibility index (Phi) is 3.89. The summed E-state index contributed by atoms with van der Waals surface area (Å²) in [5, 5.41) is 0. The first-order chi connectivity index (χ1) is 6.88. The monoisotopic (exact) mass is 212 g/mol. The van der Waals surface area contributed by atoms with Crippen molar-refractivity contribution in [3.63, 3.8) is 0 Å². The molecule has 0 bridgehead atoms. The normalized spacial score (nSPS) is 17.8. The standard InChI is InChI=1S/C12H20O3/c1-12(2,3)15-11(14)8-10(13)9-6-4-5-7-9/h9H,4-8H2,1-3H3. The number of Topliss-reactive ketones (excluding diaryl/α,β-unsaturated/α-hetero) is 1. The van der Waals surface area contributed by atoms with Crippen LogP contribution in [0.5, 0.6) is 0 Å². The molecule has 0 aliphatic heterocycles. The van der Waals surface area contributed by atoms with Gasteiger partial charge in [0.1, 0.15) is 17.8 Å². The fourth-order valence-corrected chi connectivity index (χ4v) is 1.91. The number of ketones is 1. The lowest BCUT2D eigenvalue weighted by molar-refractivity contribution is -0.156. The van der Waals surface area contributed by atoms with Crippen LogP contribution in [0.25, 0.3) is 0 Å². The molecular formula is C12H20O3. The second kappa shape index (κ2) is 4.77. The molecular weight excluding hydrogens is 192 g/mol. The van der Waals surface area contributed by atoms with Crippen molar-refractivity contribution in [1.82, 2.24) is 0 Å². The zero-order chi connectivity index (χ0) is 11.5. The predicted octanol–water partition coefficient (Wildman–Crippen LogP) is 2.48. The van der Waals surface area contributed by atoms with Gasteiger partial charge in [0.05, 0.1) is 0 Å². The SMILES string of the molecule is CC(C)(C)OC(=O)CC(=O)C1CCCC1. The fourth-order valence-electron chi connectivity index (χ4n) is 1.91. The van der Waals surface area contributed by atoms with Crippen molar-refractivity contribution in [2.45, 2.75) is 58.5 Å². The van der Waals surface area contributed by atoms with Crippen LogP contribution in [-0.2, 0) is 14.3 Å². The number of rotatable bonds is 3. The number of ether oxygens (including phenoxy) is 1. The van der Waals surface area contributed by atoms with E-state index in [9.17, 15) is 9.59 Å². The first kappa shape index (κ1) is 12.2. The summed E-state index contributed by atoms with van der Waals surface area (Å²) in [6, 6.07) is 0. The van der Waals surface area contributed by atoms with Crippen LogP contribution in [0.15, 0.2) is 0 Å². The average molecular weight is 212 g/mol. The van der Waals surface area contributed by atoms with Crippen molar-refractivity contribution in [1.29, 1.82) is 0 Å². The van der Waals surface area contributed by atoms with Gasteiger partial charge in [-0.15, -0.1) is 0 Å². The molecule has 0 unspecified atom stereocenters. The maximum absolute atomic E-state index is 11.6. The molecule has 0 saturated heterocycles. The minimum atomic E-state index is -0.493. The van der Waals surface area contributed by atoms with Gasteiger partial charge in [-0.2, -0.15) is 0 Å². The van der Waals surface area contributed by atoms with E-state index in [1.165, 1.54) is 0 Å². The molecule has 1 aliphatic carbocycles. The van der Waals surface area contributed by atoms with Gasteiger partial charge in [-0.25, -0.2) is 0 Å².